The average Bonchev–Trinajstić information content (AvgIpc) is 3.37. The number of carboxylic acid groups (broad SMARTS) is 2. The van der Waals surface area contributed by atoms with Gasteiger partial charge in [-0.2, -0.15) is 5.10 Å². The summed E-state index contributed by atoms with van der Waals surface area (Å²) < 4.78 is 8.16. The van der Waals surface area contributed by atoms with Gasteiger partial charge in [0.15, 0.2) is 0 Å². The summed E-state index contributed by atoms with van der Waals surface area (Å²) in [6.45, 7) is 7.28. The van der Waals surface area contributed by atoms with Crippen molar-refractivity contribution in [2.24, 2.45) is 0 Å². The van der Waals surface area contributed by atoms with E-state index in [2.05, 4.69) is 25.0 Å². The molecule has 4 rings (SSSR count). The second kappa shape index (κ2) is 11.1. The predicted octanol–water partition coefficient (Wildman–Crippen LogP) is 6.01. The van der Waals surface area contributed by atoms with E-state index in [1.165, 1.54) is 12.1 Å². The van der Waals surface area contributed by atoms with E-state index in [1.54, 1.807) is 6.07 Å². The molecule has 0 unspecified atom stereocenters. The van der Waals surface area contributed by atoms with Crippen molar-refractivity contribution in [1.82, 2.24) is 9.78 Å². The number of aromatic carboxylic acids is 2. The van der Waals surface area contributed by atoms with Gasteiger partial charge in [0, 0.05) is 18.3 Å². The van der Waals surface area contributed by atoms with E-state index in [-0.39, 0.29) is 11.1 Å². The highest BCUT2D eigenvalue weighted by atomic mass is 16.5. The maximum atomic E-state index is 11.9. The third kappa shape index (κ3) is 5.72. The molecule has 0 aliphatic carbocycles. The molecule has 0 saturated carbocycles. The Kier molecular flexibility index (Phi) is 7.72. The zero-order valence-corrected chi connectivity index (χ0v) is 21.2. The van der Waals surface area contributed by atoms with E-state index >= 15 is 0 Å². The molecule has 7 nitrogen and oxygen atoms in total. The Morgan fingerprint density at radius 3 is 2.35 bits per heavy atom. The van der Waals surface area contributed by atoms with Crippen LogP contribution in [0.1, 0.15) is 62.4 Å². The first-order valence-corrected chi connectivity index (χ1v) is 12.3. The molecule has 4 aromatic rings. The van der Waals surface area contributed by atoms with Gasteiger partial charge < -0.3 is 14.9 Å². The number of ether oxygens (including phenoxy) is 1. The van der Waals surface area contributed by atoms with Gasteiger partial charge in [-0.3, -0.25) is 4.68 Å². The summed E-state index contributed by atoms with van der Waals surface area (Å²) in [6.07, 6.45) is 3.11. The molecule has 0 saturated heterocycles. The SMILES string of the molecule is CCc1cccc(Cc2ccc(C(=O)O)cc2C(=O)O)c1COc1ccc(-c2ccn(CC)n2)cc1C. The molecule has 7 heteroatoms. The lowest BCUT2D eigenvalue weighted by molar-refractivity contribution is 0.0695. The summed E-state index contributed by atoms with van der Waals surface area (Å²) in [5.74, 6) is -1.54. The number of carbonyl (C=O) groups is 2. The second-order valence-electron chi connectivity index (χ2n) is 8.89. The van der Waals surface area contributed by atoms with Gasteiger partial charge in [0.1, 0.15) is 12.4 Å². The fraction of sp³-hybridized carbons (Fsp3) is 0.233. The van der Waals surface area contributed by atoms with Crippen LogP contribution in [0.4, 0.5) is 0 Å². The topological polar surface area (TPSA) is 102 Å². The van der Waals surface area contributed by atoms with Crippen molar-refractivity contribution < 1.29 is 24.5 Å². The van der Waals surface area contributed by atoms with Crippen LogP contribution in [0, 0.1) is 6.92 Å². The van der Waals surface area contributed by atoms with E-state index in [4.69, 9.17) is 4.74 Å². The zero-order chi connectivity index (χ0) is 26.5. The fourth-order valence-corrected chi connectivity index (χ4v) is 4.45. The number of hydrogen-bond acceptors (Lipinski definition) is 4. The Morgan fingerprint density at radius 2 is 1.70 bits per heavy atom. The van der Waals surface area contributed by atoms with Crippen LogP contribution in [0.15, 0.2) is 66.9 Å². The van der Waals surface area contributed by atoms with Crippen LogP contribution in [0.25, 0.3) is 11.3 Å². The van der Waals surface area contributed by atoms with E-state index in [9.17, 15) is 19.8 Å². The molecule has 0 atom stereocenters. The van der Waals surface area contributed by atoms with E-state index in [0.29, 0.717) is 18.6 Å². The second-order valence-corrected chi connectivity index (χ2v) is 8.89. The van der Waals surface area contributed by atoms with Gasteiger partial charge in [-0.05, 0) is 90.9 Å². The molecule has 1 heterocycles. The minimum atomic E-state index is -1.16. The molecule has 0 amide bonds. The molecule has 0 spiro atoms. The normalized spacial score (nSPS) is 10.9. The Labute approximate surface area is 216 Å². The monoisotopic (exact) mass is 498 g/mol. The third-order valence-electron chi connectivity index (χ3n) is 6.53. The highest BCUT2D eigenvalue weighted by Crippen LogP contribution is 2.28. The summed E-state index contributed by atoms with van der Waals surface area (Å²) in [6, 6.07) is 18.2. The third-order valence-corrected chi connectivity index (χ3v) is 6.53. The summed E-state index contributed by atoms with van der Waals surface area (Å²) >= 11 is 0. The van der Waals surface area contributed by atoms with Crippen molar-refractivity contribution in [2.45, 2.75) is 46.8 Å². The van der Waals surface area contributed by atoms with Crippen LogP contribution in [0.5, 0.6) is 5.75 Å². The quantitative estimate of drug-likeness (QED) is 0.278. The highest BCUT2D eigenvalue weighted by molar-refractivity contribution is 5.95. The molecule has 3 aromatic carbocycles. The van der Waals surface area contributed by atoms with Crippen LogP contribution >= 0.6 is 0 Å². The maximum Gasteiger partial charge on any atom is 0.336 e. The Hall–Kier alpha value is -4.39. The van der Waals surface area contributed by atoms with Crippen LogP contribution in [0.2, 0.25) is 0 Å². The van der Waals surface area contributed by atoms with Crippen molar-refractivity contribution >= 4 is 11.9 Å². The van der Waals surface area contributed by atoms with Crippen LogP contribution in [-0.2, 0) is 26.0 Å². The fourth-order valence-electron chi connectivity index (χ4n) is 4.45. The summed E-state index contributed by atoms with van der Waals surface area (Å²) in [5.41, 5.74) is 6.51. The molecule has 190 valence electrons. The molecular weight excluding hydrogens is 468 g/mol. The first kappa shape index (κ1) is 25.7. The predicted molar refractivity (Wildman–Crippen MR) is 141 cm³/mol. The van der Waals surface area contributed by atoms with Gasteiger partial charge in [-0.1, -0.05) is 31.2 Å². The Bertz CT molecular complexity index is 1450. The van der Waals surface area contributed by atoms with Gasteiger partial charge in [-0.25, -0.2) is 9.59 Å². The van der Waals surface area contributed by atoms with Gasteiger partial charge in [0.2, 0.25) is 0 Å². The molecule has 2 N–H and O–H groups in total. The summed E-state index contributed by atoms with van der Waals surface area (Å²) in [4.78, 5) is 23.2. The van der Waals surface area contributed by atoms with Crippen molar-refractivity contribution in [3.63, 3.8) is 0 Å². The molecule has 37 heavy (non-hydrogen) atoms. The van der Waals surface area contributed by atoms with Crippen LogP contribution < -0.4 is 4.74 Å². The van der Waals surface area contributed by atoms with Crippen LogP contribution in [-0.4, -0.2) is 31.9 Å². The number of benzene rings is 3. The molecule has 0 fully saturated rings. The number of aryl methyl sites for hydroxylation is 3. The van der Waals surface area contributed by atoms with E-state index < -0.39 is 11.9 Å². The first-order chi connectivity index (χ1) is 17.8. The molecule has 0 radical (unpaired) electrons. The highest BCUT2D eigenvalue weighted by Gasteiger charge is 2.17. The van der Waals surface area contributed by atoms with E-state index in [0.717, 1.165) is 52.2 Å². The minimum absolute atomic E-state index is 0.00869. The summed E-state index contributed by atoms with van der Waals surface area (Å²) in [7, 11) is 0. The number of aromatic nitrogens is 2. The summed E-state index contributed by atoms with van der Waals surface area (Å²) in [5, 5.41) is 23.5. The van der Waals surface area contributed by atoms with Crippen molar-refractivity contribution in [2.75, 3.05) is 0 Å². The standard InChI is InChI=1S/C30H30N2O5/c1-4-20-7-6-8-21(16-22-9-10-24(29(33)34)17-25(22)30(35)36)26(20)18-37-28-12-11-23(15-19(28)3)27-13-14-32(5-2)31-27/h6-15,17H,4-5,16,18H2,1-3H3,(H,33,34)(H,35,36). The minimum Gasteiger partial charge on any atom is -0.489 e. The van der Waals surface area contributed by atoms with Crippen molar-refractivity contribution in [3.05, 3.63) is 106 Å². The first-order valence-electron chi connectivity index (χ1n) is 12.3. The van der Waals surface area contributed by atoms with Gasteiger partial charge >= 0.3 is 11.9 Å². The lowest BCUT2D eigenvalue weighted by atomic mass is 9.92. The lowest BCUT2D eigenvalue weighted by Crippen LogP contribution is -2.09. The molecule has 0 bridgehead atoms. The largest absolute Gasteiger partial charge is 0.489 e. The maximum absolute atomic E-state index is 11.9. The molecular formula is C30H30N2O5. The Morgan fingerprint density at radius 1 is 0.919 bits per heavy atom. The number of nitrogens with zero attached hydrogens (tertiary/aromatic N) is 2. The van der Waals surface area contributed by atoms with Gasteiger partial charge in [0.05, 0.1) is 16.8 Å². The van der Waals surface area contributed by atoms with Gasteiger partial charge in [0.25, 0.3) is 0 Å². The Balaban J connectivity index is 1.60. The van der Waals surface area contributed by atoms with Crippen molar-refractivity contribution in [1.29, 1.82) is 0 Å². The van der Waals surface area contributed by atoms with Crippen LogP contribution in [0.3, 0.4) is 0 Å². The number of hydrogen-bond donors (Lipinski definition) is 2. The van der Waals surface area contributed by atoms with E-state index in [1.807, 2.05) is 54.2 Å². The molecule has 0 aliphatic rings. The van der Waals surface area contributed by atoms with Crippen molar-refractivity contribution in [3.8, 4) is 17.0 Å². The number of carboxylic acids is 2. The number of rotatable bonds is 10. The molecule has 0 aliphatic heterocycles. The van der Waals surface area contributed by atoms with Gasteiger partial charge in [-0.15, -0.1) is 0 Å². The molecule has 1 aromatic heterocycles. The lowest BCUT2D eigenvalue weighted by Gasteiger charge is -2.17. The smallest absolute Gasteiger partial charge is 0.336 e. The average molecular weight is 499 g/mol. The zero-order valence-electron chi connectivity index (χ0n) is 21.2.